The SMILES string of the molecule is Br.CC(F)c1ncsc1-c1ccccc1Cl. The van der Waals surface area contributed by atoms with Crippen LogP contribution in [0.5, 0.6) is 0 Å². The second kappa shape index (κ2) is 5.75. The molecule has 1 atom stereocenters. The molecular formula is C11H10BrClFNS. The molecule has 0 fully saturated rings. The molecule has 2 rings (SSSR count). The molecule has 0 aliphatic carbocycles. The number of nitrogens with zero attached hydrogens (tertiary/aromatic N) is 1. The van der Waals surface area contributed by atoms with Gasteiger partial charge in [0.05, 0.1) is 16.1 Å². The highest BCUT2D eigenvalue weighted by Gasteiger charge is 2.15. The summed E-state index contributed by atoms with van der Waals surface area (Å²) < 4.78 is 13.2. The molecule has 1 unspecified atom stereocenters. The van der Waals surface area contributed by atoms with Crippen LogP contribution in [-0.4, -0.2) is 4.98 Å². The highest BCUT2D eigenvalue weighted by molar-refractivity contribution is 8.93. The number of benzene rings is 1. The highest BCUT2D eigenvalue weighted by atomic mass is 79.9. The van der Waals surface area contributed by atoms with Gasteiger partial charge in [0.1, 0.15) is 6.17 Å². The van der Waals surface area contributed by atoms with Gasteiger partial charge in [0.25, 0.3) is 0 Å². The van der Waals surface area contributed by atoms with E-state index in [1.165, 1.54) is 18.3 Å². The molecule has 0 N–H and O–H groups in total. The molecule has 1 heterocycles. The molecule has 0 bridgehead atoms. The van der Waals surface area contributed by atoms with Crippen molar-refractivity contribution < 1.29 is 4.39 Å². The van der Waals surface area contributed by atoms with Crippen molar-refractivity contribution in [2.45, 2.75) is 13.1 Å². The third-order valence-electron chi connectivity index (χ3n) is 2.09. The quantitative estimate of drug-likeness (QED) is 0.752. The molecule has 2 aromatic rings. The summed E-state index contributed by atoms with van der Waals surface area (Å²) in [6, 6.07) is 7.41. The molecule has 1 nitrogen and oxygen atoms in total. The van der Waals surface area contributed by atoms with Crippen LogP contribution in [0.1, 0.15) is 18.8 Å². The van der Waals surface area contributed by atoms with Gasteiger partial charge in [-0.15, -0.1) is 28.3 Å². The van der Waals surface area contributed by atoms with Gasteiger partial charge in [-0.1, -0.05) is 29.8 Å². The van der Waals surface area contributed by atoms with Gasteiger partial charge in [-0.05, 0) is 13.0 Å². The van der Waals surface area contributed by atoms with Gasteiger partial charge in [0.2, 0.25) is 0 Å². The molecule has 86 valence electrons. The Labute approximate surface area is 113 Å². The number of rotatable bonds is 2. The summed E-state index contributed by atoms with van der Waals surface area (Å²) in [5.74, 6) is 0. The van der Waals surface area contributed by atoms with Crippen molar-refractivity contribution in [2.75, 3.05) is 0 Å². The molecule has 0 saturated carbocycles. The third kappa shape index (κ3) is 2.62. The standard InChI is InChI=1S/C11H9ClFNS.BrH/c1-7(13)10-11(15-6-14-10)8-4-2-3-5-9(8)12;/h2-7H,1H3;1H. The van der Waals surface area contributed by atoms with Crippen LogP contribution >= 0.6 is 39.9 Å². The van der Waals surface area contributed by atoms with Crippen molar-refractivity contribution in [2.24, 2.45) is 0 Å². The fraction of sp³-hybridized carbons (Fsp3) is 0.182. The van der Waals surface area contributed by atoms with E-state index >= 15 is 0 Å². The van der Waals surface area contributed by atoms with E-state index in [2.05, 4.69) is 4.98 Å². The lowest BCUT2D eigenvalue weighted by Gasteiger charge is -2.04. The van der Waals surface area contributed by atoms with Gasteiger partial charge in [0.15, 0.2) is 0 Å². The monoisotopic (exact) mass is 321 g/mol. The third-order valence-corrected chi connectivity index (χ3v) is 3.30. The average Bonchev–Trinajstić information content (AvgIpc) is 2.67. The van der Waals surface area contributed by atoms with Gasteiger partial charge < -0.3 is 0 Å². The minimum atomic E-state index is -1.07. The molecular weight excluding hydrogens is 313 g/mol. The Morgan fingerprint density at radius 2 is 2.06 bits per heavy atom. The molecule has 0 spiro atoms. The number of alkyl halides is 1. The van der Waals surface area contributed by atoms with Gasteiger partial charge in [-0.3, -0.25) is 0 Å². The fourth-order valence-corrected chi connectivity index (χ4v) is 2.58. The number of hydrogen-bond acceptors (Lipinski definition) is 2. The summed E-state index contributed by atoms with van der Waals surface area (Å²) in [5.41, 5.74) is 2.96. The lowest BCUT2D eigenvalue weighted by molar-refractivity contribution is 0.368. The van der Waals surface area contributed by atoms with Crippen LogP contribution in [-0.2, 0) is 0 Å². The molecule has 0 radical (unpaired) electrons. The summed E-state index contributed by atoms with van der Waals surface area (Å²) in [4.78, 5) is 4.83. The maximum atomic E-state index is 13.2. The van der Waals surface area contributed by atoms with Gasteiger partial charge >= 0.3 is 0 Å². The first-order valence-corrected chi connectivity index (χ1v) is 5.78. The summed E-state index contributed by atoms with van der Waals surface area (Å²) in [7, 11) is 0. The predicted molar refractivity (Wildman–Crippen MR) is 72.4 cm³/mol. The highest BCUT2D eigenvalue weighted by Crippen LogP contribution is 2.36. The number of halogens is 3. The van der Waals surface area contributed by atoms with E-state index in [0.717, 1.165) is 10.4 Å². The molecule has 0 aliphatic heterocycles. The molecule has 16 heavy (non-hydrogen) atoms. The van der Waals surface area contributed by atoms with E-state index in [1.54, 1.807) is 11.6 Å². The number of thiazole rings is 1. The first-order chi connectivity index (χ1) is 7.20. The smallest absolute Gasteiger partial charge is 0.141 e. The van der Waals surface area contributed by atoms with Crippen LogP contribution in [0.25, 0.3) is 10.4 Å². The van der Waals surface area contributed by atoms with E-state index in [-0.39, 0.29) is 17.0 Å². The summed E-state index contributed by atoms with van der Waals surface area (Å²) in [6.45, 7) is 1.48. The van der Waals surface area contributed by atoms with Crippen molar-refractivity contribution in [3.05, 3.63) is 40.5 Å². The van der Waals surface area contributed by atoms with Gasteiger partial charge in [-0.25, -0.2) is 9.37 Å². The molecule has 1 aromatic carbocycles. The zero-order valence-corrected chi connectivity index (χ0v) is 11.8. The largest absolute Gasteiger partial charge is 0.246 e. The summed E-state index contributed by atoms with van der Waals surface area (Å²) in [6.07, 6.45) is -1.07. The fourth-order valence-electron chi connectivity index (χ4n) is 1.39. The molecule has 0 amide bonds. The Kier molecular flexibility index (Phi) is 4.89. The Morgan fingerprint density at radius 1 is 1.38 bits per heavy atom. The van der Waals surface area contributed by atoms with Crippen molar-refractivity contribution in [3.8, 4) is 10.4 Å². The van der Waals surface area contributed by atoms with Gasteiger partial charge in [-0.2, -0.15) is 0 Å². The van der Waals surface area contributed by atoms with Gasteiger partial charge in [0, 0.05) is 10.6 Å². The van der Waals surface area contributed by atoms with Crippen molar-refractivity contribution in [1.29, 1.82) is 0 Å². The molecule has 0 saturated heterocycles. The van der Waals surface area contributed by atoms with Crippen LogP contribution < -0.4 is 0 Å². The minimum absolute atomic E-state index is 0. The number of hydrogen-bond donors (Lipinski definition) is 0. The van der Waals surface area contributed by atoms with Crippen molar-refractivity contribution in [1.82, 2.24) is 4.98 Å². The Morgan fingerprint density at radius 3 is 2.69 bits per heavy atom. The second-order valence-electron chi connectivity index (χ2n) is 3.16. The van der Waals surface area contributed by atoms with E-state index in [9.17, 15) is 4.39 Å². The normalized spacial score (nSPS) is 11.9. The van der Waals surface area contributed by atoms with E-state index in [4.69, 9.17) is 11.6 Å². The Balaban J connectivity index is 0.00000128. The van der Waals surface area contributed by atoms with Crippen LogP contribution in [0.2, 0.25) is 5.02 Å². The lowest BCUT2D eigenvalue weighted by Crippen LogP contribution is -1.88. The Hall–Kier alpha value is -0.450. The zero-order valence-electron chi connectivity index (χ0n) is 8.48. The van der Waals surface area contributed by atoms with Crippen LogP contribution in [0.3, 0.4) is 0 Å². The maximum Gasteiger partial charge on any atom is 0.141 e. The second-order valence-corrected chi connectivity index (χ2v) is 4.42. The zero-order chi connectivity index (χ0) is 10.8. The first-order valence-electron chi connectivity index (χ1n) is 4.52. The van der Waals surface area contributed by atoms with E-state index in [1.807, 2.05) is 18.2 Å². The molecule has 1 aromatic heterocycles. The van der Waals surface area contributed by atoms with Crippen LogP contribution in [0.15, 0.2) is 29.8 Å². The minimum Gasteiger partial charge on any atom is -0.246 e. The predicted octanol–water partition coefficient (Wildman–Crippen LogP) is 5.07. The van der Waals surface area contributed by atoms with Crippen LogP contribution in [0.4, 0.5) is 4.39 Å². The van der Waals surface area contributed by atoms with E-state index in [0.29, 0.717) is 10.7 Å². The van der Waals surface area contributed by atoms with E-state index < -0.39 is 6.17 Å². The summed E-state index contributed by atoms with van der Waals surface area (Å²) in [5, 5.41) is 0.628. The molecule has 0 aliphatic rings. The molecule has 5 heteroatoms. The van der Waals surface area contributed by atoms with Crippen LogP contribution in [0, 0.1) is 0 Å². The average molecular weight is 323 g/mol. The first kappa shape index (κ1) is 13.6. The van der Waals surface area contributed by atoms with Crippen molar-refractivity contribution in [3.63, 3.8) is 0 Å². The topological polar surface area (TPSA) is 12.9 Å². The maximum absolute atomic E-state index is 13.2. The van der Waals surface area contributed by atoms with Crippen molar-refractivity contribution >= 4 is 39.9 Å². The summed E-state index contributed by atoms with van der Waals surface area (Å²) >= 11 is 7.46. The lowest BCUT2D eigenvalue weighted by atomic mass is 10.1. The number of aromatic nitrogens is 1. The Bertz CT molecular complexity index is 473.